The van der Waals surface area contributed by atoms with Crippen molar-refractivity contribution in [3.05, 3.63) is 54.7 Å². The lowest BCUT2D eigenvalue weighted by Gasteiger charge is -2.51. The maximum Gasteiger partial charge on any atom is 0.166 e. The number of pyridine rings is 1. The van der Waals surface area contributed by atoms with E-state index in [0.29, 0.717) is 17.1 Å². The summed E-state index contributed by atoms with van der Waals surface area (Å²) in [6.07, 6.45) is 6.51. The first-order valence-electron chi connectivity index (χ1n) is 9.39. The molecule has 1 unspecified atom stereocenters. The Morgan fingerprint density at radius 1 is 1.38 bits per heavy atom. The summed E-state index contributed by atoms with van der Waals surface area (Å²) >= 11 is 5.48. The van der Waals surface area contributed by atoms with E-state index < -0.39 is 0 Å². The van der Waals surface area contributed by atoms with E-state index in [2.05, 4.69) is 57.4 Å². The Hall–Kier alpha value is -1.98. The second kappa shape index (κ2) is 7.33. The second-order valence-electron chi connectivity index (χ2n) is 7.36. The minimum Gasteiger partial charge on any atom is -0.366 e. The maximum atomic E-state index is 5.48. The molecule has 2 aromatic rings. The number of piperidine rings is 3. The van der Waals surface area contributed by atoms with Gasteiger partial charge in [0, 0.05) is 31.2 Å². The molecule has 3 fully saturated rings. The molecule has 0 spiro atoms. The number of hydrogen-bond acceptors (Lipinski definition) is 3. The van der Waals surface area contributed by atoms with Gasteiger partial charge in [-0.1, -0.05) is 24.3 Å². The lowest BCUT2D eigenvalue weighted by molar-refractivity contribution is 0.00431. The summed E-state index contributed by atoms with van der Waals surface area (Å²) in [6, 6.07) is 11.1. The maximum absolute atomic E-state index is 5.48. The Kier molecular flexibility index (Phi) is 4.92. The number of nitrogens with one attached hydrogen (secondary N) is 2. The SMILES string of the molecule is C=C[C@H]1CN2CC[C@H]1C[C@@H]2[C@H](NC(=S)NC)c1ccnc2ccccc12. The van der Waals surface area contributed by atoms with Crippen LogP contribution in [0.4, 0.5) is 0 Å². The van der Waals surface area contributed by atoms with Gasteiger partial charge < -0.3 is 10.6 Å². The van der Waals surface area contributed by atoms with Crippen molar-refractivity contribution in [1.82, 2.24) is 20.5 Å². The number of para-hydroxylation sites is 1. The summed E-state index contributed by atoms with van der Waals surface area (Å²) in [4.78, 5) is 7.16. The summed E-state index contributed by atoms with van der Waals surface area (Å²) in [5.41, 5.74) is 2.31. The van der Waals surface area contributed by atoms with E-state index in [1.54, 1.807) is 0 Å². The fourth-order valence-electron chi connectivity index (χ4n) is 4.71. The van der Waals surface area contributed by atoms with E-state index in [4.69, 9.17) is 12.2 Å². The fourth-order valence-corrected chi connectivity index (χ4v) is 4.83. The van der Waals surface area contributed by atoms with Gasteiger partial charge in [-0.25, -0.2) is 0 Å². The minimum absolute atomic E-state index is 0.149. The number of fused-ring (bicyclic) bond motifs is 4. The lowest BCUT2D eigenvalue weighted by Crippen LogP contribution is -2.58. The van der Waals surface area contributed by atoms with Crippen molar-refractivity contribution in [3.8, 4) is 0 Å². The van der Waals surface area contributed by atoms with Crippen molar-refractivity contribution in [2.45, 2.75) is 24.9 Å². The third-order valence-electron chi connectivity index (χ3n) is 6.07. The van der Waals surface area contributed by atoms with E-state index in [9.17, 15) is 0 Å². The number of thiocarbonyl (C=S) groups is 1. The average Bonchev–Trinajstić information content (AvgIpc) is 2.71. The highest BCUT2D eigenvalue weighted by molar-refractivity contribution is 7.80. The van der Waals surface area contributed by atoms with Gasteiger partial charge in [-0.05, 0) is 61.1 Å². The van der Waals surface area contributed by atoms with Gasteiger partial charge in [0.05, 0.1) is 11.6 Å². The molecule has 0 aliphatic carbocycles. The number of rotatable bonds is 4. The van der Waals surface area contributed by atoms with Crippen LogP contribution in [0.25, 0.3) is 10.9 Å². The van der Waals surface area contributed by atoms with E-state index in [1.807, 2.05) is 19.3 Å². The van der Waals surface area contributed by atoms with Crippen molar-refractivity contribution >= 4 is 28.2 Å². The molecule has 4 nitrogen and oxygen atoms in total. The Labute approximate surface area is 160 Å². The molecule has 2 bridgehead atoms. The van der Waals surface area contributed by atoms with E-state index in [0.717, 1.165) is 24.5 Å². The smallest absolute Gasteiger partial charge is 0.166 e. The fraction of sp³-hybridized carbons (Fsp3) is 0.429. The normalized spacial score (nSPS) is 28.5. The van der Waals surface area contributed by atoms with Crippen molar-refractivity contribution in [2.75, 3.05) is 20.1 Å². The first-order valence-corrected chi connectivity index (χ1v) is 9.80. The molecule has 5 atom stereocenters. The molecule has 136 valence electrons. The van der Waals surface area contributed by atoms with Gasteiger partial charge in [0.25, 0.3) is 0 Å². The number of benzene rings is 1. The summed E-state index contributed by atoms with van der Waals surface area (Å²) in [7, 11) is 1.87. The van der Waals surface area contributed by atoms with E-state index in [1.165, 1.54) is 23.8 Å². The van der Waals surface area contributed by atoms with Gasteiger partial charge in [-0.3, -0.25) is 9.88 Å². The van der Waals surface area contributed by atoms with Crippen LogP contribution < -0.4 is 10.6 Å². The number of hydrogen-bond donors (Lipinski definition) is 2. The predicted molar refractivity (Wildman–Crippen MR) is 111 cm³/mol. The molecule has 0 amide bonds. The highest BCUT2D eigenvalue weighted by Crippen LogP contribution is 2.42. The molecule has 0 radical (unpaired) electrons. The van der Waals surface area contributed by atoms with Crippen LogP contribution in [0.2, 0.25) is 0 Å². The predicted octanol–water partition coefficient (Wildman–Crippen LogP) is 3.27. The molecule has 5 heteroatoms. The van der Waals surface area contributed by atoms with Gasteiger partial charge in [0.2, 0.25) is 0 Å². The Balaban J connectivity index is 1.73. The molecule has 3 aliphatic rings. The first kappa shape index (κ1) is 17.4. The van der Waals surface area contributed by atoms with Crippen LogP contribution in [0.5, 0.6) is 0 Å². The Morgan fingerprint density at radius 2 is 2.23 bits per heavy atom. The Morgan fingerprint density at radius 3 is 2.96 bits per heavy atom. The first-order chi connectivity index (χ1) is 12.7. The van der Waals surface area contributed by atoms with Crippen molar-refractivity contribution < 1.29 is 0 Å². The van der Waals surface area contributed by atoms with Gasteiger partial charge >= 0.3 is 0 Å². The van der Waals surface area contributed by atoms with Crippen LogP contribution in [0.1, 0.15) is 24.4 Å². The molecule has 3 saturated heterocycles. The van der Waals surface area contributed by atoms with Gasteiger partial charge in [0.15, 0.2) is 5.11 Å². The van der Waals surface area contributed by atoms with Crippen LogP contribution in [-0.2, 0) is 0 Å². The van der Waals surface area contributed by atoms with E-state index >= 15 is 0 Å². The van der Waals surface area contributed by atoms with Crippen molar-refractivity contribution in [3.63, 3.8) is 0 Å². The zero-order valence-corrected chi connectivity index (χ0v) is 16.0. The van der Waals surface area contributed by atoms with Gasteiger partial charge in [-0.2, -0.15) is 0 Å². The molecule has 1 aromatic carbocycles. The molecule has 1 aromatic heterocycles. The number of nitrogens with zero attached hydrogens (tertiary/aromatic N) is 2. The number of aromatic nitrogens is 1. The third-order valence-corrected chi connectivity index (χ3v) is 6.39. The minimum atomic E-state index is 0.149. The summed E-state index contributed by atoms with van der Waals surface area (Å²) in [5, 5.41) is 8.57. The van der Waals surface area contributed by atoms with Crippen molar-refractivity contribution in [1.29, 1.82) is 0 Å². The molecule has 2 N–H and O–H groups in total. The van der Waals surface area contributed by atoms with Crippen LogP contribution in [-0.4, -0.2) is 41.2 Å². The standard InChI is InChI=1S/C21H26N4S/c1-3-14-13-25-11-9-15(14)12-19(25)20(24-21(26)22-2)17-8-10-23-18-7-5-4-6-16(17)18/h3-8,10,14-15,19-20H,1,9,11-13H2,2H3,(H2,22,24,26)/t14-,15-,19+,20+/m0/s1. The summed E-state index contributed by atoms with van der Waals surface area (Å²) < 4.78 is 0. The largest absolute Gasteiger partial charge is 0.366 e. The van der Waals surface area contributed by atoms with Crippen LogP contribution in [0.3, 0.4) is 0 Å². The molecule has 0 saturated carbocycles. The van der Waals surface area contributed by atoms with Gasteiger partial charge in [0.1, 0.15) is 0 Å². The molecular formula is C21H26N4S. The zero-order valence-electron chi connectivity index (χ0n) is 15.2. The second-order valence-corrected chi connectivity index (χ2v) is 7.77. The molecule has 26 heavy (non-hydrogen) atoms. The lowest BCUT2D eigenvalue weighted by atomic mass is 9.73. The molecule has 3 aliphatic heterocycles. The van der Waals surface area contributed by atoms with Crippen molar-refractivity contribution in [2.24, 2.45) is 11.8 Å². The molecular weight excluding hydrogens is 340 g/mol. The molecule has 5 rings (SSSR count). The quantitative estimate of drug-likeness (QED) is 0.642. The topological polar surface area (TPSA) is 40.2 Å². The zero-order chi connectivity index (χ0) is 18.1. The summed E-state index contributed by atoms with van der Waals surface area (Å²) in [5.74, 6) is 1.34. The molecule has 4 heterocycles. The van der Waals surface area contributed by atoms with Crippen LogP contribution in [0, 0.1) is 11.8 Å². The Bertz CT molecular complexity index is 815. The van der Waals surface area contributed by atoms with E-state index in [-0.39, 0.29) is 6.04 Å². The average molecular weight is 367 g/mol. The summed E-state index contributed by atoms with van der Waals surface area (Å²) in [6.45, 7) is 6.32. The van der Waals surface area contributed by atoms with Crippen LogP contribution >= 0.6 is 12.2 Å². The third kappa shape index (κ3) is 3.10. The van der Waals surface area contributed by atoms with Crippen LogP contribution in [0.15, 0.2) is 49.2 Å². The highest BCUT2D eigenvalue weighted by Gasteiger charge is 2.42. The highest BCUT2D eigenvalue weighted by atomic mass is 32.1. The monoisotopic (exact) mass is 366 g/mol. The van der Waals surface area contributed by atoms with Gasteiger partial charge in [-0.15, -0.1) is 6.58 Å².